The molecular formula is C8H8ClNO3. The number of aromatic nitrogens is 1. The molecule has 1 heterocycles. The van der Waals surface area contributed by atoms with Crippen LogP contribution in [0.15, 0.2) is 12.1 Å². The van der Waals surface area contributed by atoms with Crippen LogP contribution >= 0.6 is 11.6 Å². The Balaban J connectivity index is 3.04. The summed E-state index contributed by atoms with van der Waals surface area (Å²) in [6, 6.07) is 3.12. The number of methoxy groups -OCH3 is 1. The van der Waals surface area contributed by atoms with E-state index < -0.39 is 5.97 Å². The first-order chi connectivity index (χ1) is 6.15. The summed E-state index contributed by atoms with van der Waals surface area (Å²) in [6.45, 7) is 0.275. The topological polar surface area (TPSA) is 59.4 Å². The van der Waals surface area contributed by atoms with Crippen molar-refractivity contribution in [1.29, 1.82) is 0 Å². The third-order valence-electron chi connectivity index (χ3n) is 1.40. The van der Waals surface area contributed by atoms with E-state index in [-0.39, 0.29) is 17.3 Å². The summed E-state index contributed by atoms with van der Waals surface area (Å²) in [7, 11) is 1.51. The van der Waals surface area contributed by atoms with Crippen molar-refractivity contribution in [3.05, 3.63) is 28.5 Å². The van der Waals surface area contributed by atoms with E-state index in [0.29, 0.717) is 5.69 Å². The molecule has 1 aromatic rings. The van der Waals surface area contributed by atoms with Gasteiger partial charge in [0.15, 0.2) is 5.69 Å². The van der Waals surface area contributed by atoms with Crippen molar-refractivity contribution in [2.75, 3.05) is 7.11 Å². The lowest BCUT2D eigenvalue weighted by molar-refractivity contribution is 0.0689. The summed E-state index contributed by atoms with van der Waals surface area (Å²) < 4.78 is 4.80. The summed E-state index contributed by atoms with van der Waals surface area (Å²) in [5.41, 5.74) is 0.403. The van der Waals surface area contributed by atoms with E-state index in [1.54, 1.807) is 6.07 Å². The molecule has 0 saturated carbocycles. The van der Waals surface area contributed by atoms with Gasteiger partial charge in [-0.1, -0.05) is 11.6 Å². The molecule has 1 aromatic heterocycles. The Hall–Kier alpha value is -1.13. The summed E-state index contributed by atoms with van der Waals surface area (Å²) in [5.74, 6) is -1.14. The summed E-state index contributed by atoms with van der Waals surface area (Å²) in [6.07, 6.45) is 0. The van der Waals surface area contributed by atoms with E-state index in [4.69, 9.17) is 21.4 Å². The number of hydrogen-bond donors (Lipinski definition) is 1. The van der Waals surface area contributed by atoms with Crippen LogP contribution in [0.25, 0.3) is 0 Å². The summed E-state index contributed by atoms with van der Waals surface area (Å²) in [4.78, 5) is 14.4. The monoisotopic (exact) mass is 201 g/mol. The highest BCUT2D eigenvalue weighted by Crippen LogP contribution is 2.14. The lowest BCUT2D eigenvalue weighted by Gasteiger charge is -2.01. The van der Waals surface area contributed by atoms with Gasteiger partial charge in [-0.2, -0.15) is 0 Å². The minimum atomic E-state index is -1.14. The van der Waals surface area contributed by atoms with Crippen LogP contribution in [0, 0.1) is 0 Å². The van der Waals surface area contributed by atoms with Crippen molar-refractivity contribution in [3.63, 3.8) is 0 Å². The van der Waals surface area contributed by atoms with Gasteiger partial charge in [-0.25, -0.2) is 9.78 Å². The van der Waals surface area contributed by atoms with Gasteiger partial charge in [0.1, 0.15) is 0 Å². The smallest absolute Gasteiger partial charge is 0.356 e. The van der Waals surface area contributed by atoms with E-state index in [2.05, 4.69) is 4.98 Å². The van der Waals surface area contributed by atoms with Gasteiger partial charge in [-0.3, -0.25) is 0 Å². The van der Waals surface area contributed by atoms with Crippen LogP contribution in [0.5, 0.6) is 0 Å². The number of halogens is 1. The van der Waals surface area contributed by atoms with Crippen LogP contribution in [0.4, 0.5) is 0 Å². The summed E-state index contributed by atoms with van der Waals surface area (Å²) in [5, 5.41) is 8.80. The maximum Gasteiger partial charge on any atom is 0.356 e. The predicted octanol–water partition coefficient (Wildman–Crippen LogP) is 1.58. The molecule has 0 bridgehead atoms. The van der Waals surface area contributed by atoms with Crippen LogP contribution in [0.3, 0.4) is 0 Å². The molecule has 0 unspecified atom stereocenters. The van der Waals surface area contributed by atoms with Crippen molar-refractivity contribution in [2.24, 2.45) is 0 Å². The Morgan fingerprint density at radius 3 is 2.92 bits per heavy atom. The molecule has 1 N–H and O–H groups in total. The molecule has 1 rings (SSSR count). The number of nitrogens with zero attached hydrogens (tertiary/aromatic N) is 1. The molecule has 0 radical (unpaired) electrons. The van der Waals surface area contributed by atoms with Crippen LogP contribution in [0.1, 0.15) is 16.2 Å². The molecule has 0 amide bonds. The molecule has 4 nitrogen and oxygen atoms in total. The van der Waals surface area contributed by atoms with E-state index in [9.17, 15) is 4.79 Å². The molecular weight excluding hydrogens is 194 g/mol. The van der Waals surface area contributed by atoms with Gasteiger partial charge in [0.05, 0.1) is 17.3 Å². The Morgan fingerprint density at radius 2 is 2.38 bits per heavy atom. The van der Waals surface area contributed by atoms with Gasteiger partial charge in [-0.05, 0) is 12.1 Å². The van der Waals surface area contributed by atoms with Gasteiger partial charge in [-0.15, -0.1) is 0 Å². The minimum Gasteiger partial charge on any atom is -0.476 e. The van der Waals surface area contributed by atoms with Crippen LogP contribution < -0.4 is 0 Å². The van der Waals surface area contributed by atoms with Crippen molar-refractivity contribution >= 4 is 17.6 Å². The lowest BCUT2D eigenvalue weighted by Crippen LogP contribution is -2.04. The fourth-order valence-electron chi connectivity index (χ4n) is 0.861. The number of ether oxygens (including phenoxy) is 1. The second kappa shape index (κ2) is 4.20. The third kappa shape index (κ3) is 2.40. The zero-order valence-corrected chi connectivity index (χ0v) is 7.71. The van der Waals surface area contributed by atoms with Crippen molar-refractivity contribution in [1.82, 2.24) is 4.98 Å². The first-order valence-electron chi connectivity index (χ1n) is 3.53. The number of rotatable bonds is 3. The Kier molecular flexibility index (Phi) is 3.22. The maximum atomic E-state index is 10.6. The number of hydrogen-bond acceptors (Lipinski definition) is 3. The first kappa shape index (κ1) is 9.95. The predicted molar refractivity (Wildman–Crippen MR) is 46.9 cm³/mol. The van der Waals surface area contributed by atoms with Crippen molar-refractivity contribution < 1.29 is 14.6 Å². The molecule has 0 fully saturated rings. The van der Waals surface area contributed by atoms with E-state index in [0.717, 1.165) is 0 Å². The number of aromatic carboxylic acids is 1. The quantitative estimate of drug-likeness (QED) is 0.807. The van der Waals surface area contributed by atoms with E-state index in [1.807, 2.05) is 0 Å². The average Bonchev–Trinajstić information content (AvgIpc) is 2.08. The molecule has 0 aliphatic heterocycles. The van der Waals surface area contributed by atoms with Crippen LogP contribution in [-0.4, -0.2) is 23.2 Å². The molecule has 0 aromatic carbocycles. The highest BCUT2D eigenvalue weighted by atomic mass is 35.5. The third-order valence-corrected chi connectivity index (χ3v) is 1.70. The SMILES string of the molecule is COCc1ccc(Cl)c(C(=O)O)n1. The second-order valence-electron chi connectivity index (χ2n) is 2.37. The minimum absolute atomic E-state index is 0.132. The maximum absolute atomic E-state index is 10.6. The lowest BCUT2D eigenvalue weighted by atomic mass is 10.3. The molecule has 13 heavy (non-hydrogen) atoms. The molecule has 0 saturated heterocycles. The molecule has 5 heteroatoms. The molecule has 0 aliphatic rings. The molecule has 0 atom stereocenters. The largest absolute Gasteiger partial charge is 0.476 e. The van der Waals surface area contributed by atoms with Crippen LogP contribution in [-0.2, 0) is 11.3 Å². The van der Waals surface area contributed by atoms with Gasteiger partial charge in [0, 0.05) is 7.11 Å². The Bertz CT molecular complexity index is 327. The van der Waals surface area contributed by atoms with Crippen molar-refractivity contribution in [3.8, 4) is 0 Å². The number of pyridine rings is 1. The van der Waals surface area contributed by atoms with Crippen molar-refractivity contribution in [2.45, 2.75) is 6.61 Å². The first-order valence-corrected chi connectivity index (χ1v) is 3.90. The Labute approximate surface area is 80.1 Å². The van der Waals surface area contributed by atoms with Gasteiger partial charge >= 0.3 is 5.97 Å². The average molecular weight is 202 g/mol. The standard InChI is InChI=1S/C8H8ClNO3/c1-13-4-5-2-3-6(9)7(10-5)8(11)12/h2-3H,4H2,1H3,(H,11,12). The van der Waals surface area contributed by atoms with E-state index >= 15 is 0 Å². The molecule has 0 aliphatic carbocycles. The fraction of sp³-hybridized carbons (Fsp3) is 0.250. The normalized spacial score (nSPS) is 10.0. The number of carboxylic acid groups (broad SMARTS) is 1. The second-order valence-corrected chi connectivity index (χ2v) is 2.78. The van der Waals surface area contributed by atoms with Crippen LogP contribution in [0.2, 0.25) is 5.02 Å². The Morgan fingerprint density at radius 1 is 1.69 bits per heavy atom. The van der Waals surface area contributed by atoms with E-state index in [1.165, 1.54) is 13.2 Å². The number of carbonyl (C=O) groups is 1. The fourth-order valence-corrected chi connectivity index (χ4v) is 1.05. The number of carboxylic acids is 1. The zero-order valence-electron chi connectivity index (χ0n) is 6.95. The zero-order chi connectivity index (χ0) is 9.84. The highest BCUT2D eigenvalue weighted by molar-refractivity contribution is 6.33. The van der Waals surface area contributed by atoms with Gasteiger partial charge in [0.2, 0.25) is 0 Å². The van der Waals surface area contributed by atoms with Gasteiger partial charge in [0.25, 0.3) is 0 Å². The summed E-state index contributed by atoms with van der Waals surface area (Å²) >= 11 is 5.61. The molecule has 70 valence electrons. The molecule has 0 spiro atoms. The highest BCUT2D eigenvalue weighted by Gasteiger charge is 2.10. The van der Waals surface area contributed by atoms with Gasteiger partial charge < -0.3 is 9.84 Å².